The smallest absolute Gasteiger partial charge is 0.270 e. The Labute approximate surface area is 146 Å². The molecule has 6 nitrogen and oxygen atoms in total. The topological polar surface area (TPSA) is 94.2 Å². The Balaban J connectivity index is 1.87. The van der Waals surface area contributed by atoms with Crippen LogP contribution in [0.25, 0.3) is 10.9 Å². The number of benzene rings is 2. The molecular weight excluding hydrogens is 374 g/mol. The molecule has 0 bridgehead atoms. The first kappa shape index (κ1) is 16.2. The van der Waals surface area contributed by atoms with E-state index in [0.29, 0.717) is 11.3 Å². The number of rotatable bonds is 4. The molecule has 3 aromatic rings. The third-order valence-electron chi connectivity index (χ3n) is 3.63. The Kier molecular flexibility index (Phi) is 4.64. The van der Waals surface area contributed by atoms with Gasteiger partial charge >= 0.3 is 0 Å². The van der Waals surface area contributed by atoms with Gasteiger partial charge in [-0.1, -0.05) is 46.3 Å². The Bertz CT molecular complexity index is 856. The van der Waals surface area contributed by atoms with E-state index in [2.05, 4.69) is 26.2 Å². The predicted octanol–water partition coefficient (Wildman–Crippen LogP) is 2.91. The molecule has 0 fully saturated rings. The summed E-state index contributed by atoms with van der Waals surface area (Å²) in [7, 11) is 0. The van der Waals surface area contributed by atoms with Crippen molar-refractivity contribution in [3.8, 4) is 0 Å². The number of H-pyrrole nitrogens is 1. The highest BCUT2D eigenvalue weighted by Crippen LogP contribution is 2.19. The van der Waals surface area contributed by atoms with E-state index < -0.39 is 17.9 Å². The van der Waals surface area contributed by atoms with Gasteiger partial charge in [-0.2, -0.15) is 0 Å². The molecule has 24 heavy (non-hydrogen) atoms. The van der Waals surface area contributed by atoms with E-state index in [-0.39, 0.29) is 0 Å². The van der Waals surface area contributed by atoms with Gasteiger partial charge in [-0.3, -0.25) is 14.8 Å². The largest absolute Gasteiger partial charge is 0.351 e. The predicted molar refractivity (Wildman–Crippen MR) is 92.6 cm³/mol. The fraction of sp³-hybridized carbons (Fsp3) is 0.0588. The zero-order valence-corrected chi connectivity index (χ0v) is 14.0. The molecule has 1 unspecified atom stereocenters. The zero-order valence-electron chi connectivity index (χ0n) is 12.4. The lowest BCUT2D eigenvalue weighted by Gasteiger charge is -2.16. The van der Waals surface area contributed by atoms with E-state index in [1.165, 1.54) is 0 Å². The number of nitrogens with one attached hydrogen (secondary N) is 3. The molecule has 3 rings (SSSR count). The van der Waals surface area contributed by atoms with Crippen molar-refractivity contribution < 1.29 is 14.8 Å². The summed E-state index contributed by atoms with van der Waals surface area (Å²) in [5.41, 5.74) is 3.30. The van der Waals surface area contributed by atoms with Gasteiger partial charge in [0.2, 0.25) is 0 Å². The van der Waals surface area contributed by atoms with Crippen LogP contribution in [0, 0.1) is 0 Å². The lowest BCUT2D eigenvalue weighted by Crippen LogP contribution is -2.39. The van der Waals surface area contributed by atoms with Crippen molar-refractivity contribution in [2.45, 2.75) is 6.04 Å². The highest BCUT2D eigenvalue weighted by molar-refractivity contribution is 9.10. The van der Waals surface area contributed by atoms with Gasteiger partial charge in [0.15, 0.2) is 0 Å². The minimum Gasteiger partial charge on any atom is -0.351 e. The summed E-state index contributed by atoms with van der Waals surface area (Å²) in [6.45, 7) is 0. The van der Waals surface area contributed by atoms with Gasteiger partial charge in [-0.25, -0.2) is 5.48 Å². The lowest BCUT2D eigenvalue weighted by molar-refractivity contribution is -0.131. The van der Waals surface area contributed by atoms with Crippen LogP contribution >= 0.6 is 15.9 Å². The summed E-state index contributed by atoms with van der Waals surface area (Å²) in [6, 6.07) is 15.1. The normalized spacial score (nSPS) is 11.9. The number of hydroxylamine groups is 1. The fourth-order valence-corrected chi connectivity index (χ4v) is 2.69. The third-order valence-corrected chi connectivity index (χ3v) is 4.15. The Hall–Kier alpha value is -2.64. The maximum Gasteiger partial charge on any atom is 0.270 e. The third kappa shape index (κ3) is 3.32. The molecule has 0 aliphatic rings. The first-order chi connectivity index (χ1) is 11.6. The van der Waals surface area contributed by atoms with Crippen LogP contribution in [0.4, 0.5) is 0 Å². The average Bonchev–Trinajstić information content (AvgIpc) is 3.04. The summed E-state index contributed by atoms with van der Waals surface area (Å²) < 4.78 is 0.844. The highest BCUT2D eigenvalue weighted by Gasteiger charge is 2.23. The number of para-hydroxylation sites is 1. The molecule has 2 amide bonds. The number of hydrogen-bond acceptors (Lipinski definition) is 3. The first-order valence-electron chi connectivity index (χ1n) is 7.16. The molecule has 1 heterocycles. The van der Waals surface area contributed by atoms with Crippen LogP contribution in [0.5, 0.6) is 0 Å². The molecule has 0 spiro atoms. The minimum absolute atomic E-state index is 0.337. The summed E-state index contributed by atoms with van der Waals surface area (Å²) >= 11 is 3.31. The molecule has 0 aliphatic carbocycles. The van der Waals surface area contributed by atoms with Crippen LogP contribution in [0.15, 0.2) is 59.1 Å². The van der Waals surface area contributed by atoms with Crippen molar-refractivity contribution in [1.29, 1.82) is 0 Å². The van der Waals surface area contributed by atoms with Gasteiger partial charge in [0.25, 0.3) is 11.8 Å². The van der Waals surface area contributed by atoms with Crippen LogP contribution in [0.3, 0.4) is 0 Å². The summed E-state index contributed by atoms with van der Waals surface area (Å²) in [5.74, 6) is -1.16. The monoisotopic (exact) mass is 387 g/mol. The van der Waals surface area contributed by atoms with Crippen molar-refractivity contribution in [2.24, 2.45) is 0 Å². The van der Waals surface area contributed by atoms with Crippen molar-refractivity contribution >= 4 is 38.6 Å². The fourth-order valence-electron chi connectivity index (χ4n) is 2.42. The number of amides is 2. The number of carbonyl (C=O) groups is 2. The second-order valence-corrected chi connectivity index (χ2v) is 6.12. The number of fused-ring (bicyclic) bond motifs is 1. The van der Waals surface area contributed by atoms with Crippen LogP contribution in [-0.4, -0.2) is 22.0 Å². The molecule has 4 N–H and O–H groups in total. The Morgan fingerprint density at radius 1 is 1.08 bits per heavy atom. The molecule has 1 aromatic heterocycles. The molecule has 0 saturated heterocycles. The van der Waals surface area contributed by atoms with Gasteiger partial charge in [-0.05, 0) is 29.8 Å². The van der Waals surface area contributed by atoms with Crippen molar-refractivity contribution in [1.82, 2.24) is 15.8 Å². The van der Waals surface area contributed by atoms with Gasteiger partial charge in [0.1, 0.15) is 11.7 Å². The minimum atomic E-state index is -1.01. The molecule has 122 valence electrons. The Morgan fingerprint density at radius 3 is 2.46 bits per heavy atom. The number of halogens is 1. The number of aromatic amines is 1. The van der Waals surface area contributed by atoms with E-state index in [0.717, 1.165) is 15.4 Å². The van der Waals surface area contributed by atoms with Crippen LogP contribution in [-0.2, 0) is 4.79 Å². The van der Waals surface area contributed by atoms with Crippen molar-refractivity contribution in [3.05, 3.63) is 70.3 Å². The van der Waals surface area contributed by atoms with E-state index >= 15 is 0 Å². The second kappa shape index (κ2) is 6.86. The number of aromatic nitrogens is 1. The van der Waals surface area contributed by atoms with Crippen molar-refractivity contribution in [2.75, 3.05) is 0 Å². The SMILES string of the molecule is O=C(NC(C(=O)NO)c1ccc(Br)cc1)c1cc2ccccc2[nH]1. The average molecular weight is 388 g/mol. The van der Waals surface area contributed by atoms with Gasteiger partial charge in [0.05, 0.1) is 0 Å². The van der Waals surface area contributed by atoms with E-state index in [1.807, 2.05) is 24.3 Å². The molecule has 0 aliphatic heterocycles. The van der Waals surface area contributed by atoms with Crippen molar-refractivity contribution in [3.63, 3.8) is 0 Å². The zero-order chi connectivity index (χ0) is 17.1. The number of hydrogen-bond donors (Lipinski definition) is 4. The molecule has 2 aromatic carbocycles. The van der Waals surface area contributed by atoms with Crippen LogP contribution < -0.4 is 10.8 Å². The molecular formula is C17H14BrN3O3. The highest BCUT2D eigenvalue weighted by atomic mass is 79.9. The molecule has 0 saturated carbocycles. The molecule has 1 atom stereocenters. The Morgan fingerprint density at radius 2 is 1.79 bits per heavy atom. The maximum atomic E-state index is 12.5. The standard InChI is InChI=1S/C17H14BrN3O3/c18-12-7-5-10(6-8-12)15(17(23)21-24)20-16(22)14-9-11-3-1-2-4-13(11)19-14/h1-9,15,19,24H,(H,20,22)(H,21,23). The summed E-state index contributed by atoms with van der Waals surface area (Å²) in [5, 5.41) is 12.5. The van der Waals surface area contributed by atoms with Crippen LogP contribution in [0.1, 0.15) is 22.1 Å². The maximum absolute atomic E-state index is 12.5. The summed E-state index contributed by atoms with van der Waals surface area (Å²) in [4.78, 5) is 27.4. The van der Waals surface area contributed by atoms with E-state index in [9.17, 15) is 9.59 Å². The van der Waals surface area contributed by atoms with Gasteiger partial charge < -0.3 is 10.3 Å². The van der Waals surface area contributed by atoms with E-state index in [4.69, 9.17) is 5.21 Å². The molecule has 0 radical (unpaired) electrons. The van der Waals surface area contributed by atoms with Gasteiger partial charge in [0, 0.05) is 15.4 Å². The summed E-state index contributed by atoms with van der Waals surface area (Å²) in [6.07, 6.45) is 0. The second-order valence-electron chi connectivity index (χ2n) is 5.20. The molecule has 7 heteroatoms. The van der Waals surface area contributed by atoms with E-state index in [1.54, 1.807) is 35.8 Å². The lowest BCUT2D eigenvalue weighted by atomic mass is 10.1. The number of carbonyl (C=O) groups excluding carboxylic acids is 2. The quantitative estimate of drug-likeness (QED) is 0.409. The van der Waals surface area contributed by atoms with Gasteiger partial charge in [-0.15, -0.1) is 0 Å². The first-order valence-corrected chi connectivity index (χ1v) is 7.96. The van der Waals surface area contributed by atoms with Crippen LogP contribution in [0.2, 0.25) is 0 Å².